The van der Waals surface area contributed by atoms with Crippen LogP contribution in [-0.2, 0) is 4.74 Å². The van der Waals surface area contributed by atoms with Gasteiger partial charge in [-0.1, -0.05) is 0 Å². The van der Waals surface area contributed by atoms with Crippen molar-refractivity contribution < 1.29 is 9.84 Å². The number of aliphatic hydroxyl groups is 1. The minimum atomic E-state index is 0.154. The van der Waals surface area contributed by atoms with Crippen LogP contribution in [0.2, 0.25) is 0 Å². The molecule has 0 spiro atoms. The predicted octanol–water partition coefficient (Wildman–Crippen LogP) is 1.49. The molecule has 118 valence electrons. The van der Waals surface area contributed by atoms with Crippen molar-refractivity contribution in [2.45, 2.75) is 31.7 Å². The summed E-state index contributed by atoms with van der Waals surface area (Å²) in [7, 11) is 0. The molecule has 2 N–H and O–H groups in total. The number of aromatic nitrogens is 1. The Hall–Kier alpha value is -0.690. The van der Waals surface area contributed by atoms with Crippen LogP contribution in [0.4, 0.5) is 5.13 Å². The highest BCUT2D eigenvalue weighted by molar-refractivity contribution is 7.13. The molecular formula is C15H25N3O2S. The summed E-state index contributed by atoms with van der Waals surface area (Å²) in [6.07, 6.45) is 6.12. The highest BCUT2D eigenvalue weighted by atomic mass is 32.1. The second-order valence-corrected chi connectivity index (χ2v) is 7.11. The predicted molar refractivity (Wildman–Crippen MR) is 84.9 cm³/mol. The largest absolute Gasteiger partial charge is 0.396 e. The number of nitrogens with zero attached hydrogens (tertiary/aromatic N) is 2. The molecule has 0 amide bonds. The van der Waals surface area contributed by atoms with Gasteiger partial charge in [0.2, 0.25) is 0 Å². The fraction of sp³-hybridized carbons (Fsp3) is 0.800. The second kappa shape index (κ2) is 7.05. The molecule has 0 aromatic carbocycles. The van der Waals surface area contributed by atoms with Crippen molar-refractivity contribution in [2.75, 3.05) is 44.4 Å². The topological polar surface area (TPSA) is 57.6 Å². The number of nitrogens with one attached hydrogen (secondary N) is 1. The zero-order valence-electron chi connectivity index (χ0n) is 12.5. The van der Waals surface area contributed by atoms with Crippen LogP contribution in [-0.4, -0.2) is 55.6 Å². The van der Waals surface area contributed by atoms with E-state index in [1.165, 1.54) is 0 Å². The van der Waals surface area contributed by atoms with Crippen LogP contribution in [0.3, 0.4) is 0 Å². The molecule has 1 unspecified atom stereocenters. The molecule has 3 heterocycles. The van der Waals surface area contributed by atoms with Gasteiger partial charge < -0.3 is 20.1 Å². The van der Waals surface area contributed by atoms with Gasteiger partial charge in [0.1, 0.15) is 0 Å². The lowest BCUT2D eigenvalue weighted by atomic mass is 9.83. The summed E-state index contributed by atoms with van der Waals surface area (Å²) in [4.78, 5) is 6.77. The van der Waals surface area contributed by atoms with E-state index in [-0.39, 0.29) is 12.0 Å². The van der Waals surface area contributed by atoms with Gasteiger partial charge in [-0.05, 0) is 25.7 Å². The van der Waals surface area contributed by atoms with Crippen LogP contribution in [0, 0.1) is 5.41 Å². The summed E-state index contributed by atoms with van der Waals surface area (Å²) in [5.74, 6) is 0. The standard InChI is InChI=1S/C15H25N3O2S/c19-8-3-15(4-9-20-12-15)11-17-13-1-6-18(7-2-13)14-16-5-10-21-14/h5,10,13,17,19H,1-4,6-9,11-12H2. The maximum Gasteiger partial charge on any atom is 0.185 e. The van der Waals surface area contributed by atoms with Crippen LogP contribution < -0.4 is 10.2 Å². The van der Waals surface area contributed by atoms with Gasteiger partial charge in [-0.25, -0.2) is 4.98 Å². The molecule has 0 aliphatic carbocycles. The molecule has 2 aliphatic rings. The van der Waals surface area contributed by atoms with Crippen molar-refractivity contribution >= 4 is 16.5 Å². The van der Waals surface area contributed by atoms with E-state index in [0.717, 1.165) is 63.7 Å². The SMILES string of the molecule is OCCC1(CNC2CCN(c3nccs3)CC2)CCOC1. The Kier molecular flexibility index (Phi) is 5.11. The first-order chi connectivity index (χ1) is 10.3. The van der Waals surface area contributed by atoms with E-state index >= 15 is 0 Å². The number of piperidine rings is 1. The average Bonchev–Trinajstić information content (AvgIpc) is 3.18. The Bertz CT molecular complexity index is 413. The van der Waals surface area contributed by atoms with Crippen LogP contribution in [0.1, 0.15) is 25.7 Å². The molecule has 6 heteroatoms. The van der Waals surface area contributed by atoms with Gasteiger partial charge in [0, 0.05) is 55.9 Å². The van der Waals surface area contributed by atoms with E-state index < -0.39 is 0 Å². The van der Waals surface area contributed by atoms with E-state index in [1.54, 1.807) is 11.3 Å². The lowest BCUT2D eigenvalue weighted by molar-refractivity contribution is 0.121. The van der Waals surface area contributed by atoms with Crippen molar-refractivity contribution in [2.24, 2.45) is 5.41 Å². The molecule has 2 fully saturated rings. The lowest BCUT2D eigenvalue weighted by Gasteiger charge is -2.35. The summed E-state index contributed by atoms with van der Waals surface area (Å²) >= 11 is 1.72. The van der Waals surface area contributed by atoms with Gasteiger partial charge in [-0.2, -0.15) is 0 Å². The molecule has 1 atom stereocenters. The van der Waals surface area contributed by atoms with Gasteiger partial charge in [-0.3, -0.25) is 0 Å². The Morgan fingerprint density at radius 3 is 2.95 bits per heavy atom. The van der Waals surface area contributed by atoms with E-state index in [9.17, 15) is 5.11 Å². The summed E-state index contributed by atoms with van der Waals surface area (Å²) in [5, 5.41) is 16.2. The summed E-state index contributed by atoms with van der Waals surface area (Å²) in [6.45, 7) is 5.01. The van der Waals surface area contributed by atoms with Crippen molar-refractivity contribution in [1.29, 1.82) is 0 Å². The Labute approximate surface area is 130 Å². The fourth-order valence-corrected chi connectivity index (χ4v) is 4.02. The van der Waals surface area contributed by atoms with Crippen molar-refractivity contribution in [1.82, 2.24) is 10.3 Å². The van der Waals surface area contributed by atoms with Crippen LogP contribution in [0.5, 0.6) is 0 Å². The van der Waals surface area contributed by atoms with Gasteiger partial charge in [0.05, 0.1) is 6.61 Å². The third kappa shape index (κ3) is 3.74. The molecule has 1 aromatic heterocycles. The van der Waals surface area contributed by atoms with E-state index in [0.29, 0.717) is 6.04 Å². The van der Waals surface area contributed by atoms with Crippen molar-refractivity contribution in [3.63, 3.8) is 0 Å². The molecule has 0 saturated carbocycles. The zero-order valence-corrected chi connectivity index (χ0v) is 13.3. The normalized spacial score (nSPS) is 27.4. The number of aliphatic hydroxyl groups excluding tert-OH is 1. The number of ether oxygens (including phenoxy) is 1. The number of hydrogen-bond acceptors (Lipinski definition) is 6. The van der Waals surface area contributed by atoms with E-state index in [2.05, 4.69) is 15.2 Å². The Balaban J connectivity index is 1.45. The van der Waals surface area contributed by atoms with Gasteiger partial charge in [0.15, 0.2) is 5.13 Å². The molecule has 2 aliphatic heterocycles. The maximum atomic E-state index is 9.27. The van der Waals surface area contributed by atoms with Gasteiger partial charge in [-0.15, -0.1) is 11.3 Å². The highest BCUT2D eigenvalue weighted by Crippen LogP contribution is 2.32. The molecule has 1 aromatic rings. The van der Waals surface area contributed by atoms with E-state index in [4.69, 9.17) is 4.74 Å². The average molecular weight is 311 g/mol. The van der Waals surface area contributed by atoms with Crippen LogP contribution in [0.15, 0.2) is 11.6 Å². The molecule has 5 nitrogen and oxygen atoms in total. The molecule has 0 radical (unpaired) electrons. The van der Waals surface area contributed by atoms with Crippen LogP contribution in [0.25, 0.3) is 0 Å². The number of anilines is 1. The minimum absolute atomic E-state index is 0.154. The van der Waals surface area contributed by atoms with Gasteiger partial charge >= 0.3 is 0 Å². The fourth-order valence-electron chi connectivity index (χ4n) is 3.32. The molecule has 21 heavy (non-hydrogen) atoms. The lowest BCUT2D eigenvalue weighted by Crippen LogP contribution is -2.46. The molecule has 3 rings (SSSR count). The number of hydrogen-bond donors (Lipinski definition) is 2. The third-order valence-electron chi connectivity index (χ3n) is 4.78. The molecule has 0 bridgehead atoms. The van der Waals surface area contributed by atoms with Gasteiger partial charge in [0.25, 0.3) is 0 Å². The minimum Gasteiger partial charge on any atom is -0.396 e. The molecular weight excluding hydrogens is 286 g/mol. The molecule has 2 saturated heterocycles. The quantitative estimate of drug-likeness (QED) is 0.833. The van der Waals surface area contributed by atoms with E-state index in [1.807, 2.05) is 11.6 Å². The van der Waals surface area contributed by atoms with Crippen molar-refractivity contribution in [3.8, 4) is 0 Å². The first kappa shape index (κ1) is 15.2. The first-order valence-electron chi connectivity index (χ1n) is 7.88. The summed E-state index contributed by atoms with van der Waals surface area (Å²) < 4.78 is 5.55. The monoisotopic (exact) mass is 311 g/mol. The highest BCUT2D eigenvalue weighted by Gasteiger charge is 2.35. The maximum absolute atomic E-state index is 9.27. The summed E-state index contributed by atoms with van der Waals surface area (Å²) in [6, 6.07) is 0.581. The van der Waals surface area contributed by atoms with Crippen molar-refractivity contribution in [3.05, 3.63) is 11.6 Å². The second-order valence-electron chi connectivity index (χ2n) is 6.23. The first-order valence-corrected chi connectivity index (χ1v) is 8.76. The zero-order chi connectivity index (χ0) is 14.5. The summed E-state index contributed by atoms with van der Waals surface area (Å²) in [5.41, 5.74) is 0.154. The third-order valence-corrected chi connectivity index (χ3v) is 5.61. The Morgan fingerprint density at radius 1 is 1.48 bits per heavy atom. The number of rotatable bonds is 6. The Morgan fingerprint density at radius 2 is 2.33 bits per heavy atom. The van der Waals surface area contributed by atoms with Crippen LogP contribution >= 0.6 is 11.3 Å². The smallest absolute Gasteiger partial charge is 0.185 e. The number of thiazole rings is 1.